The number of H-pyrrole nitrogens is 1. The summed E-state index contributed by atoms with van der Waals surface area (Å²) in [6.07, 6.45) is 3.37. The molecule has 0 aliphatic heterocycles. The Kier molecular flexibility index (Phi) is 3.73. The van der Waals surface area contributed by atoms with Crippen molar-refractivity contribution in [2.75, 3.05) is 6.54 Å². The smallest absolute Gasteiger partial charge is 0.262 e. The van der Waals surface area contributed by atoms with Crippen molar-refractivity contribution in [1.82, 2.24) is 30.0 Å². The average Bonchev–Trinajstić information content (AvgIpc) is 3.13. The van der Waals surface area contributed by atoms with E-state index in [9.17, 15) is 9.59 Å². The SMILES string of the molecule is O=C(Cn1cnc2sccc2c1=O)NCCc1ncn[nH]1. The summed E-state index contributed by atoms with van der Waals surface area (Å²) in [6, 6.07) is 1.72. The normalized spacial score (nSPS) is 10.9. The van der Waals surface area contributed by atoms with E-state index in [1.807, 2.05) is 0 Å². The maximum Gasteiger partial charge on any atom is 0.262 e. The molecular formula is C12H12N6O2S. The summed E-state index contributed by atoms with van der Waals surface area (Å²) in [5, 5.41) is 11.5. The maximum absolute atomic E-state index is 12.1. The van der Waals surface area contributed by atoms with Crippen molar-refractivity contribution in [3.05, 3.63) is 40.3 Å². The molecule has 0 aromatic carbocycles. The van der Waals surface area contributed by atoms with Gasteiger partial charge in [-0.25, -0.2) is 9.97 Å². The average molecular weight is 304 g/mol. The van der Waals surface area contributed by atoms with E-state index in [1.165, 1.54) is 28.6 Å². The molecule has 3 aromatic rings. The minimum atomic E-state index is -0.243. The number of thiophene rings is 1. The molecule has 0 unspecified atom stereocenters. The Bertz CT molecular complexity index is 807. The van der Waals surface area contributed by atoms with Crippen LogP contribution in [0.5, 0.6) is 0 Å². The van der Waals surface area contributed by atoms with Gasteiger partial charge in [0.15, 0.2) is 0 Å². The van der Waals surface area contributed by atoms with E-state index in [-0.39, 0.29) is 18.0 Å². The largest absolute Gasteiger partial charge is 0.354 e. The van der Waals surface area contributed by atoms with Crippen LogP contribution in [0, 0.1) is 0 Å². The molecule has 9 heteroatoms. The highest BCUT2D eigenvalue weighted by Gasteiger charge is 2.08. The summed E-state index contributed by atoms with van der Waals surface area (Å²) in [5.74, 6) is 0.460. The first-order valence-corrected chi connectivity index (χ1v) is 7.15. The van der Waals surface area contributed by atoms with Crippen LogP contribution in [0.1, 0.15) is 5.82 Å². The van der Waals surface area contributed by atoms with Gasteiger partial charge in [0.25, 0.3) is 5.56 Å². The van der Waals surface area contributed by atoms with Crippen LogP contribution < -0.4 is 10.9 Å². The third kappa shape index (κ3) is 2.97. The fourth-order valence-electron chi connectivity index (χ4n) is 1.89. The quantitative estimate of drug-likeness (QED) is 0.686. The number of aromatic amines is 1. The van der Waals surface area contributed by atoms with Gasteiger partial charge in [-0.1, -0.05) is 0 Å². The van der Waals surface area contributed by atoms with Gasteiger partial charge in [-0.05, 0) is 11.4 Å². The summed E-state index contributed by atoms with van der Waals surface area (Å²) >= 11 is 1.40. The molecule has 0 aliphatic rings. The van der Waals surface area contributed by atoms with Crippen molar-refractivity contribution in [2.45, 2.75) is 13.0 Å². The molecule has 3 heterocycles. The summed E-state index contributed by atoms with van der Waals surface area (Å²) in [5.41, 5.74) is -0.202. The molecule has 0 spiro atoms. The number of fused-ring (bicyclic) bond motifs is 1. The van der Waals surface area contributed by atoms with Crippen molar-refractivity contribution in [3.63, 3.8) is 0 Å². The molecule has 8 nitrogen and oxygen atoms in total. The zero-order valence-electron chi connectivity index (χ0n) is 10.9. The Balaban J connectivity index is 1.60. The van der Waals surface area contributed by atoms with E-state index < -0.39 is 0 Å². The number of rotatable bonds is 5. The van der Waals surface area contributed by atoms with Gasteiger partial charge in [0.2, 0.25) is 5.91 Å². The number of nitrogens with zero attached hydrogens (tertiary/aromatic N) is 4. The lowest BCUT2D eigenvalue weighted by molar-refractivity contribution is -0.121. The Morgan fingerprint density at radius 2 is 2.33 bits per heavy atom. The van der Waals surface area contributed by atoms with Gasteiger partial charge < -0.3 is 5.32 Å². The zero-order valence-corrected chi connectivity index (χ0v) is 11.8. The zero-order chi connectivity index (χ0) is 14.7. The molecule has 2 N–H and O–H groups in total. The predicted octanol–water partition coefficient (Wildman–Crippen LogP) is -0.0650. The van der Waals surface area contributed by atoms with Gasteiger partial charge in [-0.2, -0.15) is 5.10 Å². The van der Waals surface area contributed by atoms with E-state index in [2.05, 4.69) is 25.5 Å². The Morgan fingerprint density at radius 3 is 3.14 bits per heavy atom. The van der Waals surface area contributed by atoms with Gasteiger partial charge in [-0.15, -0.1) is 11.3 Å². The summed E-state index contributed by atoms with van der Waals surface area (Å²) < 4.78 is 1.30. The van der Waals surface area contributed by atoms with Gasteiger partial charge in [-0.3, -0.25) is 19.3 Å². The lowest BCUT2D eigenvalue weighted by atomic mass is 10.4. The number of hydrogen-bond donors (Lipinski definition) is 2. The van der Waals surface area contributed by atoms with Crippen LogP contribution in [0.2, 0.25) is 0 Å². The highest BCUT2D eigenvalue weighted by molar-refractivity contribution is 7.16. The first-order chi connectivity index (χ1) is 10.2. The summed E-state index contributed by atoms with van der Waals surface area (Å²) in [7, 11) is 0. The van der Waals surface area contributed by atoms with Crippen molar-refractivity contribution in [1.29, 1.82) is 0 Å². The molecule has 0 saturated heterocycles. The molecule has 1 amide bonds. The van der Waals surface area contributed by atoms with Crippen LogP contribution in [-0.2, 0) is 17.8 Å². The molecule has 3 aromatic heterocycles. The van der Waals surface area contributed by atoms with Crippen molar-refractivity contribution < 1.29 is 4.79 Å². The minimum absolute atomic E-state index is 0.0476. The fourth-order valence-corrected chi connectivity index (χ4v) is 2.61. The van der Waals surface area contributed by atoms with Gasteiger partial charge in [0, 0.05) is 13.0 Å². The van der Waals surface area contributed by atoms with Crippen molar-refractivity contribution in [3.8, 4) is 0 Å². The monoisotopic (exact) mass is 304 g/mol. The van der Waals surface area contributed by atoms with Crippen LogP contribution in [0.25, 0.3) is 10.2 Å². The van der Waals surface area contributed by atoms with Crippen molar-refractivity contribution in [2.24, 2.45) is 0 Å². The van der Waals surface area contributed by atoms with Crippen molar-refractivity contribution >= 4 is 27.5 Å². The molecule has 0 saturated carbocycles. The molecule has 0 bridgehead atoms. The lowest BCUT2D eigenvalue weighted by Crippen LogP contribution is -2.33. The highest BCUT2D eigenvalue weighted by atomic mass is 32.1. The molecule has 21 heavy (non-hydrogen) atoms. The second kappa shape index (κ2) is 5.83. The van der Waals surface area contributed by atoms with Gasteiger partial charge in [0.05, 0.1) is 11.7 Å². The number of aromatic nitrogens is 5. The number of amides is 1. The third-order valence-electron chi connectivity index (χ3n) is 2.91. The Hall–Kier alpha value is -2.55. The molecule has 0 fully saturated rings. The highest BCUT2D eigenvalue weighted by Crippen LogP contribution is 2.12. The number of hydrogen-bond acceptors (Lipinski definition) is 6. The van der Waals surface area contributed by atoms with Gasteiger partial charge in [0.1, 0.15) is 23.5 Å². The van der Waals surface area contributed by atoms with E-state index in [4.69, 9.17) is 0 Å². The van der Waals surface area contributed by atoms with E-state index in [0.29, 0.717) is 29.0 Å². The van der Waals surface area contributed by atoms with Crippen LogP contribution in [0.4, 0.5) is 0 Å². The Morgan fingerprint density at radius 1 is 1.43 bits per heavy atom. The van der Waals surface area contributed by atoms with Crippen LogP contribution in [0.3, 0.4) is 0 Å². The van der Waals surface area contributed by atoms with Crippen LogP contribution in [0.15, 0.2) is 28.9 Å². The Labute approximate surface area is 122 Å². The molecule has 0 aliphatic carbocycles. The first kappa shape index (κ1) is 13.4. The molecule has 0 radical (unpaired) electrons. The van der Waals surface area contributed by atoms with Gasteiger partial charge >= 0.3 is 0 Å². The topological polar surface area (TPSA) is 106 Å². The first-order valence-electron chi connectivity index (χ1n) is 6.27. The van der Waals surface area contributed by atoms with E-state index >= 15 is 0 Å². The van der Waals surface area contributed by atoms with Crippen LogP contribution >= 0.6 is 11.3 Å². The molecular weight excluding hydrogens is 292 g/mol. The van der Waals surface area contributed by atoms with E-state index in [1.54, 1.807) is 11.4 Å². The standard InChI is InChI=1S/C12H12N6O2S/c19-10(13-3-1-9-14-6-16-17-9)5-18-7-15-11-8(12(18)20)2-4-21-11/h2,4,6-7H,1,3,5H2,(H,13,19)(H,14,16,17). The van der Waals surface area contributed by atoms with Crippen LogP contribution in [-0.4, -0.2) is 37.2 Å². The molecule has 108 valence electrons. The number of carbonyl (C=O) groups excluding carboxylic acids is 1. The summed E-state index contributed by atoms with van der Waals surface area (Å²) in [6.45, 7) is 0.380. The number of nitrogens with one attached hydrogen (secondary N) is 2. The lowest BCUT2D eigenvalue weighted by Gasteiger charge is -2.06. The molecule has 3 rings (SSSR count). The summed E-state index contributed by atoms with van der Waals surface area (Å²) in [4.78, 5) is 32.7. The van der Waals surface area contributed by atoms with E-state index in [0.717, 1.165) is 0 Å². The maximum atomic E-state index is 12.1. The fraction of sp³-hybridized carbons (Fsp3) is 0.250. The number of carbonyl (C=O) groups is 1. The molecule has 0 atom stereocenters. The second-order valence-electron chi connectivity index (χ2n) is 4.35. The minimum Gasteiger partial charge on any atom is -0.354 e. The third-order valence-corrected chi connectivity index (χ3v) is 3.73. The predicted molar refractivity (Wildman–Crippen MR) is 77.0 cm³/mol. The second-order valence-corrected chi connectivity index (χ2v) is 5.24.